The molecule has 24 heavy (non-hydrogen) atoms. The van der Waals surface area contributed by atoms with Crippen LogP contribution < -0.4 is 5.32 Å². The van der Waals surface area contributed by atoms with Crippen molar-refractivity contribution in [3.8, 4) is 0 Å². The van der Waals surface area contributed by atoms with Gasteiger partial charge >= 0.3 is 0 Å². The Morgan fingerprint density at radius 3 is 2.33 bits per heavy atom. The van der Waals surface area contributed by atoms with E-state index in [2.05, 4.69) is 5.32 Å². The Morgan fingerprint density at radius 2 is 1.71 bits per heavy atom. The van der Waals surface area contributed by atoms with Gasteiger partial charge in [0.15, 0.2) is 5.78 Å². The van der Waals surface area contributed by atoms with Gasteiger partial charge in [0.1, 0.15) is 0 Å². The molecular formula is C18H16Cl3NO2. The number of carbonyl (C=O) groups excluding carboxylic acids is 2. The third-order valence-electron chi connectivity index (χ3n) is 3.54. The number of hydrogen-bond acceptors (Lipinski definition) is 2. The van der Waals surface area contributed by atoms with Gasteiger partial charge in [0, 0.05) is 22.0 Å². The van der Waals surface area contributed by atoms with Crippen molar-refractivity contribution in [1.82, 2.24) is 0 Å². The van der Waals surface area contributed by atoms with Crippen molar-refractivity contribution in [1.29, 1.82) is 0 Å². The van der Waals surface area contributed by atoms with Crippen molar-refractivity contribution < 1.29 is 9.59 Å². The van der Waals surface area contributed by atoms with E-state index in [4.69, 9.17) is 34.8 Å². The summed E-state index contributed by atoms with van der Waals surface area (Å²) in [6.45, 7) is 3.45. The van der Waals surface area contributed by atoms with E-state index in [0.717, 1.165) is 0 Å². The minimum atomic E-state index is -0.772. The Balaban J connectivity index is 2.44. The SMILES string of the molecule is CC(C)(CCl)C(=O)Nc1ccc(Cl)cc1C(=O)c1ccccc1Cl. The summed E-state index contributed by atoms with van der Waals surface area (Å²) in [6.07, 6.45) is 0. The summed E-state index contributed by atoms with van der Waals surface area (Å²) < 4.78 is 0. The number of alkyl halides is 1. The van der Waals surface area contributed by atoms with Crippen molar-refractivity contribution in [2.45, 2.75) is 13.8 Å². The molecule has 0 atom stereocenters. The van der Waals surface area contributed by atoms with E-state index in [9.17, 15) is 9.59 Å². The summed E-state index contributed by atoms with van der Waals surface area (Å²) in [6, 6.07) is 11.4. The second-order valence-corrected chi connectivity index (χ2v) is 7.08. The lowest BCUT2D eigenvalue weighted by atomic mass is 9.94. The summed E-state index contributed by atoms with van der Waals surface area (Å²) >= 11 is 18.0. The Hall–Kier alpha value is -1.55. The molecule has 1 amide bonds. The van der Waals surface area contributed by atoms with Crippen LogP contribution in [0.4, 0.5) is 5.69 Å². The molecule has 2 aromatic carbocycles. The van der Waals surface area contributed by atoms with Crippen molar-refractivity contribution in [3.63, 3.8) is 0 Å². The minimum absolute atomic E-state index is 0.153. The second-order valence-electron chi connectivity index (χ2n) is 5.97. The van der Waals surface area contributed by atoms with Crippen LogP contribution in [0, 0.1) is 5.41 Å². The first-order chi connectivity index (χ1) is 11.3. The Labute approximate surface area is 155 Å². The van der Waals surface area contributed by atoms with Gasteiger partial charge < -0.3 is 5.32 Å². The highest BCUT2D eigenvalue weighted by Crippen LogP contribution is 2.28. The maximum Gasteiger partial charge on any atom is 0.231 e. The number of amides is 1. The fourth-order valence-electron chi connectivity index (χ4n) is 1.96. The Bertz CT molecular complexity index is 788. The molecule has 0 aromatic heterocycles. The number of halogens is 3. The standard InChI is InChI=1S/C18H16Cl3NO2/c1-18(2,10-19)17(24)22-15-8-7-11(20)9-13(15)16(23)12-5-3-4-6-14(12)21/h3-9H,10H2,1-2H3,(H,22,24). The predicted molar refractivity (Wildman–Crippen MR) is 99.5 cm³/mol. The van der Waals surface area contributed by atoms with Crippen LogP contribution in [-0.2, 0) is 4.79 Å². The molecule has 0 heterocycles. The van der Waals surface area contributed by atoms with Gasteiger partial charge in [0.05, 0.1) is 16.1 Å². The number of ketones is 1. The summed E-state index contributed by atoms with van der Waals surface area (Å²) in [5.41, 5.74) is 0.210. The smallest absolute Gasteiger partial charge is 0.231 e. The van der Waals surface area contributed by atoms with Crippen molar-refractivity contribution in [2.75, 3.05) is 11.2 Å². The maximum absolute atomic E-state index is 12.8. The first-order valence-corrected chi connectivity index (χ1v) is 8.51. The quantitative estimate of drug-likeness (QED) is 0.552. The van der Waals surface area contributed by atoms with Gasteiger partial charge in [-0.1, -0.05) is 35.3 Å². The zero-order chi connectivity index (χ0) is 17.9. The molecule has 2 rings (SSSR count). The predicted octanol–water partition coefficient (Wildman–Crippen LogP) is 5.43. The van der Waals surface area contributed by atoms with Crippen LogP contribution in [0.1, 0.15) is 29.8 Å². The Morgan fingerprint density at radius 1 is 1.04 bits per heavy atom. The van der Waals surface area contributed by atoms with E-state index in [1.54, 1.807) is 50.2 Å². The van der Waals surface area contributed by atoms with E-state index in [1.807, 2.05) is 0 Å². The highest BCUT2D eigenvalue weighted by atomic mass is 35.5. The van der Waals surface area contributed by atoms with Crippen LogP contribution >= 0.6 is 34.8 Å². The highest BCUT2D eigenvalue weighted by Gasteiger charge is 2.28. The molecule has 0 saturated heterocycles. The van der Waals surface area contributed by atoms with Gasteiger partial charge in [-0.3, -0.25) is 9.59 Å². The van der Waals surface area contributed by atoms with Crippen molar-refractivity contribution in [3.05, 3.63) is 63.6 Å². The molecule has 0 aliphatic carbocycles. The van der Waals surface area contributed by atoms with Gasteiger partial charge in [-0.15, -0.1) is 11.6 Å². The molecule has 126 valence electrons. The number of benzene rings is 2. The van der Waals surface area contributed by atoms with Gasteiger partial charge in [-0.25, -0.2) is 0 Å². The molecule has 0 spiro atoms. The third-order valence-corrected chi connectivity index (χ3v) is 4.77. The molecule has 0 unspecified atom stereocenters. The molecule has 0 fully saturated rings. The lowest BCUT2D eigenvalue weighted by molar-refractivity contribution is -0.122. The molecule has 0 aliphatic rings. The van der Waals surface area contributed by atoms with Gasteiger partial charge in [-0.2, -0.15) is 0 Å². The van der Waals surface area contributed by atoms with Crippen LogP contribution in [0.5, 0.6) is 0 Å². The molecule has 0 radical (unpaired) electrons. The monoisotopic (exact) mass is 383 g/mol. The fourth-order valence-corrected chi connectivity index (χ4v) is 2.47. The van der Waals surface area contributed by atoms with Crippen LogP contribution in [0.2, 0.25) is 10.0 Å². The van der Waals surface area contributed by atoms with Crippen LogP contribution in [-0.4, -0.2) is 17.6 Å². The average molecular weight is 385 g/mol. The molecular weight excluding hydrogens is 369 g/mol. The van der Waals surface area contributed by atoms with Crippen molar-refractivity contribution >= 4 is 52.2 Å². The third kappa shape index (κ3) is 4.10. The molecule has 3 nitrogen and oxygen atoms in total. The molecule has 0 saturated carbocycles. The lowest BCUT2D eigenvalue weighted by Gasteiger charge is -2.21. The first-order valence-electron chi connectivity index (χ1n) is 7.22. The van der Waals surface area contributed by atoms with E-state index < -0.39 is 5.41 Å². The molecule has 6 heteroatoms. The van der Waals surface area contributed by atoms with E-state index in [0.29, 0.717) is 21.3 Å². The van der Waals surface area contributed by atoms with E-state index >= 15 is 0 Å². The van der Waals surface area contributed by atoms with Crippen LogP contribution in [0.15, 0.2) is 42.5 Å². The second kappa shape index (κ2) is 7.56. The summed E-state index contributed by atoms with van der Waals surface area (Å²) in [4.78, 5) is 25.2. The number of nitrogens with one attached hydrogen (secondary N) is 1. The molecule has 0 aliphatic heterocycles. The zero-order valence-corrected chi connectivity index (χ0v) is 15.5. The number of hydrogen-bond donors (Lipinski definition) is 1. The normalized spacial score (nSPS) is 11.2. The van der Waals surface area contributed by atoms with Crippen LogP contribution in [0.3, 0.4) is 0 Å². The average Bonchev–Trinajstić information content (AvgIpc) is 2.56. The van der Waals surface area contributed by atoms with Crippen molar-refractivity contribution in [2.24, 2.45) is 5.41 Å². The largest absolute Gasteiger partial charge is 0.325 e. The lowest BCUT2D eigenvalue weighted by Crippen LogP contribution is -2.32. The summed E-state index contributed by atoms with van der Waals surface area (Å²) in [7, 11) is 0. The van der Waals surface area contributed by atoms with Gasteiger partial charge in [0.25, 0.3) is 0 Å². The summed E-state index contributed by atoms with van der Waals surface area (Å²) in [5.74, 6) is -0.449. The van der Waals surface area contributed by atoms with Gasteiger partial charge in [-0.05, 0) is 44.2 Å². The molecule has 0 bridgehead atoms. The topological polar surface area (TPSA) is 46.2 Å². The number of rotatable bonds is 5. The molecule has 2 aromatic rings. The van der Waals surface area contributed by atoms with E-state index in [1.165, 1.54) is 6.07 Å². The number of anilines is 1. The maximum atomic E-state index is 12.8. The minimum Gasteiger partial charge on any atom is -0.325 e. The fraction of sp³-hybridized carbons (Fsp3) is 0.222. The van der Waals surface area contributed by atoms with Gasteiger partial charge in [0.2, 0.25) is 5.91 Å². The zero-order valence-electron chi connectivity index (χ0n) is 13.2. The van der Waals surface area contributed by atoms with E-state index in [-0.39, 0.29) is 23.1 Å². The Kier molecular flexibility index (Phi) is 5.92. The summed E-state index contributed by atoms with van der Waals surface area (Å²) in [5, 5.41) is 3.48. The van der Waals surface area contributed by atoms with Crippen LogP contribution in [0.25, 0.3) is 0 Å². The number of carbonyl (C=O) groups is 2. The molecule has 1 N–H and O–H groups in total. The first kappa shape index (κ1) is 18.8. The highest BCUT2D eigenvalue weighted by molar-refractivity contribution is 6.36.